The molecule has 1 aliphatic rings. The number of piperidine rings is 1. The number of carbonyl (C=O) groups is 1. The number of ether oxygens (including phenoxy) is 1. The molecule has 5 rings (SSSR count). The Hall–Kier alpha value is -3.21. The molecule has 0 bridgehead atoms. The molecule has 0 spiro atoms. The number of aromatic nitrogens is 1. The molecule has 194 valence electrons. The molecule has 1 aliphatic heterocycles. The van der Waals surface area contributed by atoms with Gasteiger partial charge in [-0.3, -0.25) is 9.69 Å². The van der Waals surface area contributed by atoms with Gasteiger partial charge in [0.25, 0.3) is 0 Å². The van der Waals surface area contributed by atoms with Gasteiger partial charge in [-0.25, -0.2) is 13.4 Å². The van der Waals surface area contributed by atoms with E-state index in [0.717, 1.165) is 15.8 Å². The lowest BCUT2D eigenvalue weighted by molar-refractivity contribution is -0.123. The number of carbonyl (C=O) groups excluding carboxylic acids is 1. The highest BCUT2D eigenvalue weighted by molar-refractivity contribution is 7.89. The highest BCUT2D eigenvalue weighted by Gasteiger charge is 2.36. The fourth-order valence-electron chi connectivity index (χ4n) is 4.62. The molecule has 1 fully saturated rings. The summed E-state index contributed by atoms with van der Waals surface area (Å²) in [4.78, 5) is 20.6. The number of furan rings is 1. The summed E-state index contributed by atoms with van der Waals surface area (Å²) in [6.45, 7) is 4.62. The van der Waals surface area contributed by atoms with Crippen molar-refractivity contribution >= 4 is 42.6 Å². The van der Waals surface area contributed by atoms with Crippen LogP contribution in [0.3, 0.4) is 0 Å². The van der Waals surface area contributed by atoms with Crippen LogP contribution in [0.5, 0.6) is 5.75 Å². The Morgan fingerprint density at radius 1 is 1.19 bits per heavy atom. The summed E-state index contributed by atoms with van der Waals surface area (Å²) in [7, 11) is -2.11. The van der Waals surface area contributed by atoms with Crippen LogP contribution in [0, 0.1) is 19.8 Å². The standard InChI is InChI=1S/C27H29N3O5S2/c1-18-8-11-22(12-9-18)37(32,33)29-14-4-6-20(16-29)26(31)30(17-21-7-5-15-35-21)27-28-24-23(34-3)13-10-19(2)25(24)36-27/h5,7-13,15,20H,4,6,14,16-17H2,1-3H3. The normalized spacial score (nSPS) is 16.7. The van der Waals surface area contributed by atoms with Gasteiger partial charge in [-0.15, -0.1) is 0 Å². The summed E-state index contributed by atoms with van der Waals surface area (Å²) in [5.74, 6) is 0.590. The molecule has 1 unspecified atom stereocenters. The first-order chi connectivity index (χ1) is 17.8. The summed E-state index contributed by atoms with van der Waals surface area (Å²) in [6.07, 6.45) is 2.77. The number of sulfonamides is 1. The van der Waals surface area contributed by atoms with Gasteiger partial charge in [0.1, 0.15) is 17.0 Å². The zero-order valence-corrected chi connectivity index (χ0v) is 22.6. The minimum absolute atomic E-state index is 0.122. The van der Waals surface area contributed by atoms with Crippen molar-refractivity contribution in [1.82, 2.24) is 9.29 Å². The number of fused-ring (bicyclic) bond motifs is 1. The molecule has 2 aromatic heterocycles. The molecule has 3 heterocycles. The maximum Gasteiger partial charge on any atom is 0.243 e. The zero-order chi connectivity index (χ0) is 26.2. The first-order valence-corrected chi connectivity index (χ1v) is 14.4. The predicted molar refractivity (Wildman–Crippen MR) is 143 cm³/mol. The predicted octanol–water partition coefficient (Wildman–Crippen LogP) is 5.15. The van der Waals surface area contributed by atoms with Gasteiger partial charge in [0.05, 0.1) is 35.4 Å². The Morgan fingerprint density at radius 3 is 2.68 bits per heavy atom. The largest absolute Gasteiger partial charge is 0.494 e. The Balaban J connectivity index is 1.47. The minimum Gasteiger partial charge on any atom is -0.494 e. The molecule has 0 N–H and O–H groups in total. The average Bonchev–Trinajstić information content (AvgIpc) is 3.58. The monoisotopic (exact) mass is 539 g/mol. The van der Waals surface area contributed by atoms with Gasteiger partial charge in [-0.2, -0.15) is 4.31 Å². The Kier molecular flexibility index (Phi) is 7.06. The van der Waals surface area contributed by atoms with Gasteiger partial charge in [0, 0.05) is 13.1 Å². The fourth-order valence-corrected chi connectivity index (χ4v) is 7.20. The van der Waals surface area contributed by atoms with E-state index in [1.54, 1.807) is 48.6 Å². The van der Waals surface area contributed by atoms with Gasteiger partial charge >= 0.3 is 0 Å². The number of anilines is 1. The molecular formula is C27H29N3O5S2. The van der Waals surface area contributed by atoms with Crippen LogP contribution in [-0.2, 0) is 21.4 Å². The van der Waals surface area contributed by atoms with E-state index in [1.165, 1.54) is 15.6 Å². The van der Waals surface area contributed by atoms with E-state index in [1.807, 2.05) is 32.0 Å². The van der Waals surface area contributed by atoms with Crippen LogP contribution < -0.4 is 9.64 Å². The first kappa shape index (κ1) is 25.4. The topological polar surface area (TPSA) is 93.0 Å². The van der Waals surface area contributed by atoms with Gasteiger partial charge in [-0.05, 0) is 62.6 Å². The van der Waals surface area contributed by atoms with Crippen molar-refractivity contribution in [3.63, 3.8) is 0 Å². The minimum atomic E-state index is -3.71. The molecule has 10 heteroatoms. The van der Waals surface area contributed by atoms with E-state index in [2.05, 4.69) is 0 Å². The van der Waals surface area contributed by atoms with Crippen molar-refractivity contribution in [3.8, 4) is 5.75 Å². The number of nitrogens with zero attached hydrogens (tertiary/aromatic N) is 3. The van der Waals surface area contributed by atoms with Crippen LogP contribution in [0.25, 0.3) is 10.2 Å². The molecule has 0 aliphatic carbocycles. The van der Waals surface area contributed by atoms with E-state index in [-0.39, 0.29) is 23.9 Å². The molecule has 1 saturated heterocycles. The number of amides is 1. The molecule has 8 nitrogen and oxygen atoms in total. The quantitative estimate of drug-likeness (QED) is 0.323. The number of methoxy groups -OCH3 is 1. The van der Waals surface area contributed by atoms with Gasteiger partial charge in [0.2, 0.25) is 15.9 Å². The second-order valence-corrected chi connectivity index (χ2v) is 12.2. The van der Waals surface area contributed by atoms with Crippen LogP contribution in [0.15, 0.2) is 64.1 Å². The molecular weight excluding hydrogens is 510 g/mol. The van der Waals surface area contributed by atoms with E-state index < -0.39 is 15.9 Å². The van der Waals surface area contributed by atoms with Crippen LogP contribution >= 0.6 is 11.3 Å². The van der Waals surface area contributed by atoms with Crippen molar-refractivity contribution in [1.29, 1.82) is 0 Å². The Labute approximate surface area is 220 Å². The Bertz CT molecular complexity index is 1510. The number of benzene rings is 2. The molecule has 4 aromatic rings. The first-order valence-electron chi connectivity index (χ1n) is 12.1. The third-order valence-electron chi connectivity index (χ3n) is 6.70. The molecule has 37 heavy (non-hydrogen) atoms. The van der Waals surface area contributed by atoms with Crippen LogP contribution in [0.1, 0.15) is 29.7 Å². The molecule has 2 aromatic carbocycles. The van der Waals surface area contributed by atoms with Gasteiger partial charge in [0.15, 0.2) is 5.13 Å². The maximum absolute atomic E-state index is 14.0. The number of rotatable bonds is 7. The van der Waals surface area contributed by atoms with E-state index >= 15 is 0 Å². The SMILES string of the molecule is COc1ccc(C)c2sc(N(Cc3ccco3)C(=O)C3CCCN(S(=O)(=O)c4ccc(C)cc4)C3)nc12. The van der Waals surface area contributed by atoms with Crippen LogP contribution in [-0.4, -0.2) is 43.8 Å². The third kappa shape index (κ3) is 5.01. The summed E-state index contributed by atoms with van der Waals surface area (Å²) in [6, 6.07) is 14.2. The third-order valence-corrected chi connectivity index (χ3v) is 9.79. The lowest BCUT2D eigenvalue weighted by atomic mass is 9.98. The van der Waals surface area contributed by atoms with Crippen molar-refractivity contribution in [2.45, 2.75) is 38.1 Å². The molecule has 1 atom stereocenters. The lowest BCUT2D eigenvalue weighted by Gasteiger charge is -2.33. The number of thiazole rings is 1. The Morgan fingerprint density at radius 2 is 1.97 bits per heavy atom. The molecule has 0 radical (unpaired) electrons. The van der Waals surface area contributed by atoms with Crippen LogP contribution in [0.4, 0.5) is 5.13 Å². The second-order valence-electron chi connectivity index (χ2n) is 9.28. The summed E-state index contributed by atoms with van der Waals surface area (Å²) in [5.41, 5.74) is 2.73. The summed E-state index contributed by atoms with van der Waals surface area (Å²) >= 11 is 1.42. The van der Waals surface area contributed by atoms with Crippen molar-refractivity contribution in [2.24, 2.45) is 5.92 Å². The molecule has 1 amide bonds. The maximum atomic E-state index is 14.0. The molecule has 0 saturated carbocycles. The number of aryl methyl sites for hydroxylation is 2. The summed E-state index contributed by atoms with van der Waals surface area (Å²) < 4.78 is 40.1. The number of hydrogen-bond acceptors (Lipinski definition) is 7. The fraction of sp³-hybridized carbons (Fsp3) is 0.333. The zero-order valence-electron chi connectivity index (χ0n) is 21.0. The smallest absolute Gasteiger partial charge is 0.243 e. The van der Waals surface area contributed by atoms with Gasteiger partial charge < -0.3 is 9.15 Å². The van der Waals surface area contributed by atoms with Crippen LogP contribution in [0.2, 0.25) is 0 Å². The van der Waals surface area contributed by atoms with Gasteiger partial charge in [-0.1, -0.05) is 35.1 Å². The summed E-state index contributed by atoms with van der Waals surface area (Å²) in [5, 5.41) is 0.530. The lowest BCUT2D eigenvalue weighted by Crippen LogP contribution is -2.46. The number of hydrogen-bond donors (Lipinski definition) is 0. The highest BCUT2D eigenvalue weighted by atomic mass is 32.2. The van der Waals surface area contributed by atoms with E-state index in [0.29, 0.717) is 41.5 Å². The average molecular weight is 540 g/mol. The second kappa shape index (κ2) is 10.3. The van der Waals surface area contributed by atoms with Crippen molar-refractivity contribution < 1.29 is 22.4 Å². The highest BCUT2D eigenvalue weighted by Crippen LogP contribution is 2.38. The van der Waals surface area contributed by atoms with Crippen molar-refractivity contribution in [2.75, 3.05) is 25.1 Å². The van der Waals surface area contributed by atoms with E-state index in [4.69, 9.17) is 14.1 Å². The van der Waals surface area contributed by atoms with Crippen molar-refractivity contribution in [3.05, 3.63) is 71.7 Å². The van der Waals surface area contributed by atoms with E-state index in [9.17, 15) is 13.2 Å².